The number of nitriles is 1. The molecule has 0 bridgehead atoms. The summed E-state index contributed by atoms with van der Waals surface area (Å²) in [6, 6.07) is 8.32. The minimum Gasteiger partial charge on any atom is -0.441 e. The van der Waals surface area contributed by atoms with E-state index in [-0.39, 0.29) is 5.92 Å². The van der Waals surface area contributed by atoms with Crippen LogP contribution in [0.1, 0.15) is 25.3 Å². The first kappa shape index (κ1) is 11.7. The lowest BCUT2D eigenvalue weighted by Gasteiger charge is -2.12. The summed E-state index contributed by atoms with van der Waals surface area (Å²) in [4.78, 5) is 4.26. The van der Waals surface area contributed by atoms with Crippen LogP contribution in [0.4, 0.5) is 0 Å². The maximum atomic E-state index is 9.09. The van der Waals surface area contributed by atoms with Gasteiger partial charge in [-0.1, -0.05) is 19.9 Å². The molecule has 3 nitrogen and oxygen atoms in total. The largest absolute Gasteiger partial charge is 0.441 e. The summed E-state index contributed by atoms with van der Waals surface area (Å²) in [5.74, 6) is 1.10. The highest BCUT2D eigenvalue weighted by Gasteiger charge is 2.14. The van der Waals surface area contributed by atoms with Crippen molar-refractivity contribution < 1.29 is 4.42 Å². The number of hydrogen-bond acceptors (Lipinski definition) is 3. The summed E-state index contributed by atoms with van der Waals surface area (Å²) in [6.07, 6.45) is 0.768. The molecule has 0 aliphatic heterocycles. The molecule has 0 spiro atoms. The van der Waals surface area contributed by atoms with E-state index in [9.17, 15) is 0 Å². The van der Waals surface area contributed by atoms with E-state index < -0.39 is 0 Å². The molecule has 0 saturated carbocycles. The molecule has 0 aliphatic rings. The van der Waals surface area contributed by atoms with Crippen LogP contribution in [0.15, 0.2) is 22.6 Å². The summed E-state index contributed by atoms with van der Waals surface area (Å²) in [6.45, 7) is 5.99. The van der Waals surface area contributed by atoms with E-state index in [4.69, 9.17) is 9.68 Å². The molecule has 1 aromatic heterocycles. The number of hydrogen-bond donors (Lipinski definition) is 0. The molecule has 2 rings (SSSR count). The Balaban J connectivity index is 2.27. The third kappa shape index (κ3) is 2.47. The highest BCUT2D eigenvalue weighted by atomic mass is 16.3. The number of benzene rings is 1. The second-order valence-electron chi connectivity index (χ2n) is 4.72. The van der Waals surface area contributed by atoms with E-state index in [2.05, 4.69) is 24.9 Å². The van der Waals surface area contributed by atoms with Gasteiger partial charge in [0.15, 0.2) is 11.5 Å². The first-order valence-electron chi connectivity index (χ1n) is 5.86. The molecule has 1 atom stereocenters. The summed E-state index contributed by atoms with van der Waals surface area (Å²) < 4.78 is 5.49. The van der Waals surface area contributed by atoms with Gasteiger partial charge < -0.3 is 4.42 Å². The Hall–Kier alpha value is -1.82. The van der Waals surface area contributed by atoms with Crippen molar-refractivity contribution in [2.75, 3.05) is 0 Å². The van der Waals surface area contributed by atoms with Gasteiger partial charge in [-0.15, -0.1) is 0 Å². The minimum atomic E-state index is 0.0523. The normalized spacial score (nSPS) is 12.9. The minimum absolute atomic E-state index is 0.0523. The molecule has 3 heteroatoms. The molecule has 0 fully saturated rings. The molecule has 0 N–H and O–H groups in total. The molecule has 0 radical (unpaired) electrons. The van der Waals surface area contributed by atoms with Crippen molar-refractivity contribution in [3.63, 3.8) is 0 Å². The van der Waals surface area contributed by atoms with E-state index in [1.165, 1.54) is 0 Å². The molecule has 17 heavy (non-hydrogen) atoms. The highest BCUT2D eigenvalue weighted by Crippen LogP contribution is 2.21. The van der Waals surface area contributed by atoms with Gasteiger partial charge in [-0.25, -0.2) is 4.98 Å². The monoisotopic (exact) mass is 228 g/mol. The van der Waals surface area contributed by atoms with Crippen molar-refractivity contribution in [1.29, 1.82) is 5.26 Å². The van der Waals surface area contributed by atoms with Crippen LogP contribution in [0.3, 0.4) is 0 Å². The van der Waals surface area contributed by atoms with Gasteiger partial charge in [-0.3, -0.25) is 0 Å². The Kier molecular flexibility index (Phi) is 3.14. The Morgan fingerprint density at radius 3 is 2.82 bits per heavy atom. The SMILES string of the molecule is Cc1nc2ccc(CC(C#N)C(C)C)cc2o1. The van der Waals surface area contributed by atoms with Crippen LogP contribution in [-0.2, 0) is 6.42 Å². The topological polar surface area (TPSA) is 49.8 Å². The molecule has 0 aliphatic carbocycles. The molecule has 1 heterocycles. The van der Waals surface area contributed by atoms with Crippen molar-refractivity contribution in [3.8, 4) is 6.07 Å². The average Bonchev–Trinajstić information content (AvgIpc) is 2.64. The molecule has 2 aromatic rings. The van der Waals surface area contributed by atoms with Crippen molar-refractivity contribution in [3.05, 3.63) is 29.7 Å². The zero-order valence-electron chi connectivity index (χ0n) is 10.4. The Labute approximate surface area is 101 Å². The number of fused-ring (bicyclic) bond motifs is 1. The number of nitrogens with zero attached hydrogens (tertiary/aromatic N) is 2. The van der Waals surface area contributed by atoms with Gasteiger partial charge in [-0.2, -0.15) is 5.26 Å². The number of oxazole rings is 1. The first-order chi connectivity index (χ1) is 8.10. The second-order valence-corrected chi connectivity index (χ2v) is 4.72. The zero-order chi connectivity index (χ0) is 12.4. The predicted molar refractivity (Wildman–Crippen MR) is 66.4 cm³/mol. The molecular formula is C14H16N2O. The lowest BCUT2D eigenvalue weighted by molar-refractivity contribution is 0.473. The van der Waals surface area contributed by atoms with Gasteiger partial charge in [0, 0.05) is 6.92 Å². The molecule has 88 valence electrons. The van der Waals surface area contributed by atoms with Gasteiger partial charge in [-0.05, 0) is 30.0 Å². The van der Waals surface area contributed by atoms with E-state index in [0.717, 1.165) is 23.1 Å². The Morgan fingerprint density at radius 1 is 1.41 bits per heavy atom. The van der Waals surface area contributed by atoms with Crippen LogP contribution in [0, 0.1) is 30.1 Å². The summed E-state index contributed by atoms with van der Waals surface area (Å²) >= 11 is 0. The number of rotatable bonds is 3. The third-order valence-electron chi connectivity index (χ3n) is 2.99. The van der Waals surface area contributed by atoms with E-state index in [1.807, 2.05) is 25.1 Å². The highest BCUT2D eigenvalue weighted by molar-refractivity contribution is 5.73. The quantitative estimate of drug-likeness (QED) is 0.808. The lowest BCUT2D eigenvalue weighted by atomic mass is 9.90. The first-order valence-corrected chi connectivity index (χ1v) is 5.86. The van der Waals surface area contributed by atoms with Gasteiger partial charge >= 0.3 is 0 Å². The average molecular weight is 228 g/mol. The molecule has 0 amide bonds. The van der Waals surface area contributed by atoms with E-state index in [0.29, 0.717) is 11.8 Å². The summed E-state index contributed by atoms with van der Waals surface area (Å²) in [5.41, 5.74) is 2.82. The molecule has 1 unspecified atom stereocenters. The fourth-order valence-corrected chi connectivity index (χ4v) is 1.90. The lowest BCUT2D eigenvalue weighted by Crippen LogP contribution is -2.09. The van der Waals surface area contributed by atoms with Crippen LogP contribution in [-0.4, -0.2) is 4.98 Å². The van der Waals surface area contributed by atoms with Crippen LogP contribution in [0.5, 0.6) is 0 Å². The summed E-state index contributed by atoms with van der Waals surface area (Å²) in [7, 11) is 0. The Morgan fingerprint density at radius 2 is 2.18 bits per heavy atom. The van der Waals surface area contributed by atoms with Gasteiger partial charge in [0.05, 0.1) is 12.0 Å². The van der Waals surface area contributed by atoms with E-state index in [1.54, 1.807) is 0 Å². The molecule has 1 aromatic carbocycles. The standard InChI is InChI=1S/C14H16N2O/c1-9(2)12(8-15)6-11-4-5-13-14(7-11)17-10(3)16-13/h4-5,7,9,12H,6H2,1-3H3. The van der Waals surface area contributed by atoms with Crippen molar-refractivity contribution in [2.45, 2.75) is 27.2 Å². The van der Waals surface area contributed by atoms with Crippen molar-refractivity contribution in [2.24, 2.45) is 11.8 Å². The fraction of sp³-hybridized carbons (Fsp3) is 0.429. The van der Waals surface area contributed by atoms with Crippen LogP contribution < -0.4 is 0 Å². The fourth-order valence-electron chi connectivity index (χ4n) is 1.90. The Bertz CT molecular complexity index is 563. The second kappa shape index (κ2) is 4.58. The van der Waals surface area contributed by atoms with Crippen molar-refractivity contribution in [1.82, 2.24) is 4.98 Å². The smallest absolute Gasteiger partial charge is 0.192 e. The van der Waals surface area contributed by atoms with E-state index >= 15 is 0 Å². The zero-order valence-corrected chi connectivity index (χ0v) is 10.4. The van der Waals surface area contributed by atoms with Gasteiger partial charge in [0.2, 0.25) is 0 Å². The number of aryl methyl sites for hydroxylation is 1. The number of aromatic nitrogens is 1. The molecular weight excluding hydrogens is 212 g/mol. The maximum Gasteiger partial charge on any atom is 0.192 e. The van der Waals surface area contributed by atoms with Crippen molar-refractivity contribution >= 4 is 11.1 Å². The van der Waals surface area contributed by atoms with Crippen LogP contribution in [0.25, 0.3) is 11.1 Å². The predicted octanol–water partition coefficient (Wildman–Crippen LogP) is 3.47. The van der Waals surface area contributed by atoms with Crippen LogP contribution >= 0.6 is 0 Å². The van der Waals surface area contributed by atoms with Gasteiger partial charge in [0.1, 0.15) is 5.52 Å². The molecule has 0 saturated heterocycles. The van der Waals surface area contributed by atoms with Crippen LogP contribution in [0.2, 0.25) is 0 Å². The summed E-state index contributed by atoms with van der Waals surface area (Å²) in [5, 5.41) is 9.09. The van der Waals surface area contributed by atoms with Gasteiger partial charge in [0.25, 0.3) is 0 Å². The third-order valence-corrected chi connectivity index (χ3v) is 2.99. The maximum absolute atomic E-state index is 9.09.